The predicted molar refractivity (Wildman–Crippen MR) is 54.9 cm³/mol. The van der Waals surface area contributed by atoms with Gasteiger partial charge in [-0.2, -0.15) is 0 Å². The molecule has 0 bridgehead atoms. The van der Waals surface area contributed by atoms with Gasteiger partial charge in [-0.15, -0.1) is 0 Å². The number of nitrogens with two attached hydrogens (primary N) is 2. The van der Waals surface area contributed by atoms with Crippen molar-refractivity contribution in [2.75, 3.05) is 7.05 Å². The van der Waals surface area contributed by atoms with Crippen LogP contribution in [0.4, 0.5) is 8.78 Å². The Morgan fingerprint density at radius 1 is 1.44 bits per heavy atom. The Balaban J connectivity index is 2.77. The van der Waals surface area contributed by atoms with Crippen molar-refractivity contribution < 1.29 is 13.6 Å². The fraction of sp³-hybridized carbons (Fsp3) is 0.300. The molecular weight excluding hydrogens is 216 g/mol. The predicted octanol–water partition coefficient (Wildman–Crippen LogP) is 0.687. The number of hydrogen-bond acceptors (Lipinski definition) is 3. The second kappa shape index (κ2) is 5.00. The summed E-state index contributed by atoms with van der Waals surface area (Å²) in [5, 5.41) is 0.903. The highest BCUT2D eigenvalue weighted by Gasteiger charge is 2.15. The second-order valence-corrected chi connectivity index (χ2v) is 3.49. The Morgan fingerprint density at radius 3 is 2.56 bits per heavy atom. The van der Waals surface area contributed by atoms with E-state index in [2.05, 4.69) is 0 Å². The number of carbonyl (C=O) groups excluding carboxylic acids is 1. The van der Waals surface area contributed by atoms with Crippen LogP contribution in [-0.2, 0) is 4.79 Å². The van der Waals surface area contributed by atoms with Crippen molar-refractivity contribution in [2.24, 2.45) is 11.6 Å². The van der Waals surface area contributed by atoms with E-state index in [9.17, 15) is 13.6 Å². The Labute approximate surface area is 91.8 Å². The van der Waals surface area contributed by atoms with Crippen molar-refractivity contribution in [1.82, 2.24) is 5.01 Å². The van der Waals surface area contributed by atoms with E-state index in [0.29, 0.717) is 5.56 Å². The summed E-state index contributed by atoms with van der Waals surface area (Å²) >= 11 is 0. The zero-order valence-corrected chi connectivity index (χ0v) is 8.78. The van der Waals surface area contributed by atoms with E-state index < -0.39 is 17.7 Å². The first-order chi connectivity index (χ1) is 7.41. The van der Waals surface area contributed by atoms with Gasteiger partial charge in [-0.25, -0.2) is 14.6 Å². The van der Waals surface area contributed by atoms with E-state index in [1.165, 1.54) is 13.1 Å². The zero-order valence-electron chi connectivity index (χ0n) is 8.78. The maximum absolute atomic E-state index is 12.9. The van der Waals surface area contributed by atoms with Crippen molar-refractivity contribution >= 4 is 5.91 Å². The lowest BCUT2D eigenvalue weighted by Gasteiger charge is -2.15. The van der Waals surface area contributed by atoms with Gasteiger partial charge in [-0.3, -0.25) is 9.80 Å². The third kappa shape index (κ3) is 2.98. The van der Waals surface area contributed by atoms with Gasteiger partial charge in [0.05, 0.1) is 0 Å². The summed E-state index contributed by atoms with van der Waals surface area (Å²) in [5.74, 6) is 2.90. The van der Waals surface area contributed by atoms with Crippen LogP contribution in [0.5, 0.6) is 0 Å². The minimum atomic E-state index is -0.985. The summed E-state index contributed by atoms with van der Waals surface area (Å²) in [5.41, 5.74) is 6.02. The molecule has 0 radical (unpaired) electrons. The Morgan fingerprint density at radius 2 is 2.06 bits per heavy atom. The number of nitrogens with zero attached hydrogens (tertiary/aromatic N) is 1. The molecule has 88 valence electrons. The number of hydrogen-bond donors (Lipinski definition) is 2. The third-order valence-electron chi connectivity index (χ3n) is 2.16. The normalized spacial score (nSPS) is 12.3. The van der Waals surface area contributed by atoms with E-state index in [0.717, 1.165) is 17.1 Å². The lowest BCUT2D eigenvalue weighted by atomic mass is 10.0. The van der Waals surface area contributed by atoms with Crippen LogP contribution in [0.25, 0.3) is 0 Å². The molecule has 16 heavy (non-hydrogen) atoms. The van der Waals surface area contributed by atoms with Gasteiger partial charge in [0, 0.05) is 19.5 Å². The summed E-state index contributed by atoms with van der Waals surface area (Å²) in [6.07, 6.45) is -0.0575. The SMILES string of the molecule is CN(N)C(=O)CC(N)c1ccc(F)c(F)c1. The largest absolute Gasteiger partial charge is 0.324 e. The summed E-state index contributed by atoms with van der Waals surface area (Å²) < 4.78 is 25.5. The molecule has 1 rings (SSSR count). The van der Waals surface area contributed by atoms with E-state index in [-0.39, 0.29) is 12.3 Å². The molecule has 4 N–H and O–H groups in total. The molecule has 1 aromatic rings. The molecule has 0 aliphatic rings. The number of hydrazine groups is 1. The quantitative estimate of drug-likeness (QED) is 0.455. The van der Waals surface area contributed by atoms with Crippen molar-refractivity contribution in [1.29, 1.82) is 0 Å². The number of amides is 1. The minimum Gasteiger partial charge on any atom is -0.324 e. The summed E-state index contributed by atoms with van der Waals surface area (Å²) in [4.78, 5) is 11.2. The fourth-order valence-electron chi connectivity index (χ4n) is 1.19. The van der Waals surface area contributed by atoms with Crippen LogP contribution >= 0.6 is 0 Å². The van der Waals surface area contributed by atoms with Gasteiger partial charge in [-0.1, -0.05) is 6.07 Å². The molecule has 6 heteroatoms. The van der Waals surface area contributed by atoms with Crippen molar-refractivity contribution in [2.45, 2.75) is 12.5 Å². The third-order valence-corrected chi connectivity index (χ3v) is 2.16. The highest BCUT2D eigenvalue weighted by Crippen LogP contribution is 2.17. The Bertz CT molecular complexity index is 396. The first kappa shape index (κ1) is 12.5. The van der Waals surface area contributed by atoms with Gasteiger partial charge in [0.15, 0.2) is 11.6 Å². The van der Waals surface area contributed by atoms with Gasteiger partial charge in [-0.05, 0) is 17.7 Å². The van der Waals surface area contributed by atoms with E-state index >= 15 is 0 Å². The highest BCUT2D eigenvalue weighted by atomic mass is 19.2. The molecule has 0 aliphatic carbocycles. The average Bonchev–Trinajstić information content (AvgIpc) is 2.21. The van der Waals surface area contributed by atoms with Crippen LogP contribution in [0.3, 0.4) is 0 Å². The van der Waals surface area contributed by atoms with Crippen molar-refractivity contribution in [3.8, 4) is 0 Å². The van der Waals surface area contributed by atoms with Crippen LogP contribution in [0, 0.1) is 11.6 Å². The fourth-order valence-corrected chi connectivity index (χ4v) is 1.19. The maximum atomic E-state index is 12.9. The van der Waals surface area contributed by atoms with Gasteiger partial charge in [0.25, 0.3) is 0 Å². The van der Waals surface area contributed by atoms with E-state index in [4.69, 9.17) is 11.6 Å². The van der Waals surface area contributed by atoms with Crippen molar-refractivity contribution in [3.63, 3.8) is 0 Å². The molecule has 0 fully saturated rings. The maximum Gasteiger partial charge on any atom is 0.238 e. The molecule has 1 atom stereocenters. The number of carbonyl (C=O) groups is 1. The molecule has 0 spiro atoms. The van der Waals surface area contributed by atoms with Crippen LogP contribution < -0.4 is 11.6 Å². The van der Waals surface area contributed by atoms with Gasteiger partial charge in [0.1, 0.15) is 0 Å². The smallest absolute Gasteiger partial charge is 0.238 e. The summed E-state index contributed by atoms with van der Waals surface area (Å²) in [6.45, 7) is 0. The summed E-state index contributed by atoms with van der Waals surface area (Å²) in [7, 11) is 1.39. The Kier molecular flexibility index (Phi) is 3.92. The lowest BCUT2D eigenvalue weighted by Crippen LogP contribution is -2.35. The number of rotatable bonds is 3. The van der Waals surface area contributed by atoms with E-state index in [1.54, 1.807) is 0 Å². The number of halogens is 2. The molecule has 1 unspecified atom stereocenters. The van der Waals surface area contributed by atoms with Crippen LogP contribution in [-0.4, -0.2) is 18.0 Å². The Hall–Kier alpha value is -1.53. The first-order valence-corrected chi connectivity index (χ1v) is 4.63. The minimum absolute atomic E-state index is 0.0575. The van der Waals surface area contributed by atoms with Gasteiger partial charge >= 0.3 is 0 Å². The number of benzene rings is 1. The van der Waals surface area contributed by atoms with Gasteiger partial charge in [0.2, 0.25) is 5.91 Å². The molecule has 1 amide bonds. The van der Waals surface area contributed by atoms with Gasteiger partial charge < -0.3 is 5.73 Å². The van der Waals surface area contributed by atoms with E-state index in [1.807, 2.05) is 0 Å². The monoisotopic (exact) mass is 229 g/mol. The average molecular weight is 229 g/mol. The zero-order chi connectivity index (χ0) is 12.3. The molecular formula is C10H13F2N3O. The van der Waals surface area contributed by atoms with Crippen molar-refractivity contribution in [3.05, 3.63) is 35.4 Å². The lowest BCUT2D eigenvalue weighted by molar-refractivity contribution is -0.130. The van der Waals surface area contributed by atoms with Crippen LogP contribution in [0.2, 0.25) is 0 Å². The summed E-state index contributed by atoms with van der Waals surface area (Å²) in [6, 6.07) is 2.59. The molecule has 0 aromatic heterocycles. The molecule has 0 saturated carbocycles. The topological polar surface area (TPSA) is 72.3 Å². The first-order valence-electron chi connectivity index (χ1n) is 4.63. The molecule has 0 heterocycles. The standard InChI is InChI=1S/C10H13F2N3O/c1-15(14)10(16)5-9(13)6-2-3-7(11)8(12)4-6/h2-4,9H,5,13-14H2,1H3. The molecule has 0 saturated heterocycles. The second-order valence-electron chi connectivity index (χ2n) is 3.49. The van der Waals surface area contributed by atoms with Crippen LogP contribution in [0.1, 0.15) is 18.0 Å². The molecule has 4 nitrogen and oxygen atoms in total. The molecule has 0 aliphatic heterocycles. The molecule has 1 aromatic carbocycles. The highest BCUT2D eigenvalue weighted by molar-refractivity contribution is 5.76. The van der Waals surface area contributed by atoms with Crippen LogP contribution in [0.15, 0.2) is 18.2 Å².